The summed E-state index contributed by atoms with van der Waals surface area (Å²) in [7, 11) is 0. The number of carbonyl (C=O) groups is 1. The smallest absolute Gasteiger partial charge is 0.219 e. The van der Waals surface area contributed by atoms with Gasteiger partial charge in [-0.2, -0.15) is 4.39 Å². The molecule has 3 nitrogen and oxygen atoms in total. The molecule has 1 aromatic carbocycles. The van der Waals surface area contributed by atoms with Crippen molar-refractivity contribution in [3.63, 3.8) is 0 Å². The summed E-state index contributed by atoms with van der Waals surface area (Å²) in [5.74, 6) is -4.66. The summed E-state index contributed by atoms with van der Waals surface area (Å²) in [6.45, 7) is 0. The second kappa shape index (κ2) is 6.39. The lowest BCUT2D eigenvalue weighted by atomic mass is 10.3. The lowest BCUT2D eigenvalue weighted by molar-refractivity contribution is -0.112. The number of aromatic hydroxyl groups is 1. The molecular weight excluding hydrogens is 247 g/mol. The first-order valence-corrected chi connectivity index (χ1v) is 4.74. The van der Waals surface area contributed by atoms with Gasteiger partial charge in [0.05, 0.1) is 18.2 Å². The molecule has 0 bridgehead atoms. The highest BCUT2D eigenvalue weighted by molar-refractivity contribution is 6.05. The largest absolute Gasteiger partial charge is 0.508 e. The molecule has 6 heteroatoms. The van der Waals surface area contributed by atoms with Gasteiger partial charge in [0.25, 0.3) is 0 Å². The van der Waals surface area contributed by atoms with Crippen molar-refractivity contribution in [3.05, 3.63) is 48.3 Å². The molecule has 0 atom stereocenters. The van der Waals surface area contributed by atoms with E-state index in [0.717, 1.165) is 0 Å². The topological polar surface area (TPSA) is 49.7 Å². The fraction of sp³-hybridized carbons (Fsp3) is 0. The summed E-state index contributed by atoms with van der Waals surface area (Å²) in [6.07, 6.45) is 0.557. The van der Waals surface area contributed by atoms with Gasteiger partial charge in [0.1, 0.15) is 5.75 Å². The number of benzene rings is 1. The van der Waals surface area contributed by atoms with Crippen LogP contribution in [-0.2, 0) is 4.79 Å². The molecule has 0 unspecified atom stereocenters. The third kappa shape index (κ3) is 3.89. The maximum Gasteiger partial charge on any atom is 0.219 e. The van der Waals surface area contributed by atoms with E-state index in [9.17, 15) is 18.0 Å². The molecule has 1 rings (SSSR count). The lowest BCUT2D eigenvalue weighted by Crippen LogP contribution is -1.96. The molecule has 0 saturated heterocycles. The van der Waals surface area contributed by atoms with Crippen molar-refractivity contribution in [2.45, 2.75) is 0 Å². The maximum atomic E-state index is 13.1. The number of carbonyl (C=O) groups excluding carboxylic acids is 1. The van der Waals surface area contributed by atoms with Gasteiger partial charge in [-0.15, -0.1) is 0 Å². The summed E-state index contributed by atoms with van der Waals surface area (Å²) < 4.78 is 37.6. The Kier molecular flexibility index (Phi) is 4.86. The van der Waals surface area contributed by atoms with Gasteiger partial charge >= 0.3 is 0 Å². The van der Waals surface area contributed by atoms with E-state index in [2.05, 4.69) is 4.99 Å². The van der Waals surface area contributed by atoms with E-state index in [1.54, 1.807) is 0 Å². The van der Waals surface area contributed by atoms with Crippen molar-refractivity contribution < 1.29 is 23.1 Å². The van der Waals surface area contributed by atoms with Gasteiger partial charge in [0, 0.05) is 6.08 Å². The Morgan fingerprint density at radius 2 is 1.83 bits per heavy atom. The summed E-state index contributed by atoms with van der Waals surface area (Å²) in [5, 5.41) is 8.97. The van der Waals surface area contributed by atoms with Crippen molar-refractivity contribution in [3.8, 4) is 5.75 Å². The highest BCUT2D eigenvalue weighted by atomic mass is 19.2. The number of phenols is 1. The fourth-order valence-corrected chi connectivity index (χ4v) is 0.975. The summed E-state index contributed by atoms with van der Waals surface area (Å²) in [5.41, 5.74) is 0.254. The Morgan fingerprint density at radius 1 is 1.22 bits per heavy atom. The van der Waals surface area contributed by atoms with Crippen LogP contribution in [0.25, 0.3) is 0 Å². The molecule has 0 radical (unpaired) electrons. The SMILES string of the molecule is O=C(/C=C/F)/C(F)=C(\F)C=Nc1ccc(O)cc1. The first-order chi connectivity index (χ1) is 8.54. The van der Waals surface area contributed by atoms with Crippen molar-refractivity contribution in [1.29, 1.82) is 0 Å². The Balaban J connectivity index is 2.86. The van der Waals surface area contributed by atoms with Crippen LogP contribution < -0.4 is 0 Å². The second-order valence-corrected chi connectivity index (χ2v) is 3.09. The number of aliphatic imine (C=N–C) groups is 1. The summed E-state index contributed by atoms with van der Waals surface area (Å²) in [4.78, 5) is 14.3. The van der Waals surface area contributed by atoms with Crippen LogP contribution in [0.3, 0.4) is 0 Å². The number of nitrogens with zero attached hydrogens (tertiary/aromatic N) is 1. The number of halogens is 3. The maximum absolute atomic E-state index is 13.1. The van der Waals surface area contributed by atoms with Gasteiger partial charge in [-0.3, -0.25) is 9.79 Å². The average Bonchev–Trinajstić information content (AvgIpc) is 2.37. The van der Waals surface area contributed by atoms with E-state index < -0.39 is 17.4 Å². The van der Waals surface area contributed by atoms with Crippen LogP contribution in [0.15, 0.2) is 53.3 Å². The Labute approximate surface area is 101 Å². The van der Waals surface area contributed by atoms with E-state index in [1.807, 2.05) is 0 Å². The number of hydrogen-bond donors (Lipinski definition) is 1. The van der Waals surface area contributed by atoms with Crippen LogP contribution in [0.2, 0.25) is 0 Å². The molecule has 94 valence electrons. The van der Waals surface area contributed by atoms with Crippen LogP contribution in [0.1, 0.15) is 0 Å². The van der Waals surface area contributed by atoms with E-state index in [-0.39, 0.29) is 23.8 Å². The highest BCUT2D eigenvalue weighted by Crippen LogP contribution is 2.17. The standard InChI is InChI=1S/C12H8F3NO2/c13-6-5-11(18)12(15)10(14)7-16-8-1-3-9(17)4-2-8/h1-7,17H/b6-5+,12-10+,16-7?. The van der Waals surface area contributed by atoms with Crippen molar-refractivity contribution in [2.24, 2.45) is 4.99 Å². The lowest BCUT2D eigenvalue weighted by Gasteiger charge is -1.94. The van der Waals surface area contributed by atoms with Gasteiger partial charge in [-0.1, -0.05) is 0 Å². The molecular formula is C12H8F3NO2. The normalized spacial score (nSPS) is 13.1. The predicted molar refractivity (Wildman–Crippen MR) is 60.8 cm³/mol. The molecule has 0 heterocycles. The Morgan fingerprint density at radius 3 is 2.39 bits per heavy atom. The third-order valence-electron chi connectivity index (χ3n) is 1.82. The molecule has 0 spiro atoms. The minimum Gasteiger partial charge on any atom is -0.508 e. The van der Waals surface area contributed by atoms with Gasteiger partial charge < -0.3 is 5.11 Å². The first kappa shape index (κ1) is 13.7. The van der Waals surface area contributed by atoms with E-state index in [1.165, 1.54) is 24.3 Å². The molecule has 1 N–H and O–H groups in total. The number of hydrogen-bond acceptors (Lipinski definition) is 3. The molecule has 0 aliphatic rings. The average molecular weight is 255 g/mol. The molecule has 0 saturated carbocycles. The molecule has 0 amide bonds. The minimum absolute atomic E-state index is 0.000551. The second-order valence-electron chi connectivity index (χ2n) is 3.09. The number of ketones is 1. The van der Waals surface area contributed by atoms with E-state index in [0.29, 0.717) is 6.21 Å². The summed E-state index contributed by atoms with van der Waals surface area (Å²) >= 11 is 0. The van der Waals surface area contributed by atoms with Crippen LogP contribution >= 0.6 is 0 Å². The molecule has 18 heavy (non-hydrogen) atoms. The van der Waals surface area contributed by atoms with Gasteiger partial charge in [0.15, 0.2) is 5.83 Å². The third-order valence-corrected chi connectivity index (χ3v) is 1.82. The zero-order valence-corrected chi connectivity index (χ0v) is 8.98. The van der Waals surface area contributed by atoms with Crippen molar-refractivity contribution in [2.75, 3.05) is 0 Å². The van der Waals surface area contributed by atoms with Gasteiger partial charge in [-0.05, 0) is 24.3 Å². The number of allylic oxidation sites excluding steroid dienone is 3. The molecule has 0 aliphatic heterocycles. The van der Waals surface area contributed by atoms with E-state index in [4.69, 9.17) is 5.11 Å². The Hall–Kier alpha value is -2.37. The zero-order chi connectivity index (χ0) is 13.5. The first-order valence-electron chi connectivity index (χ1n) is 4.74. The number of phenolic OH excluding ortho intramolecular Hbond substituents is 1. The van der Waals surface area contributed by atoms with Crippen molar-refractivity contribution in [1.82, 2.24) is 0 Å². The quantitative estimate of drug-likeness (QED) is 0.662. The van der Waals surface area contributed by atoms with Gasteiger partial charge in [0.2, 0.25) is 11.6 Å². The zero-order valence-electron chi connectivity index (χ0n) is 8.98. The molecule has 0 fully saturated rings. The van der Waals surface area contributed by atoms with Crippen LogP contribution in [0.4, 0.5) is 18.9 Å². The van der Waals surface area contributed by atoms with Gasteiger partial charge in [-0.25, -0.2) is 8.78 Å². The van der Waals surface area contributed by atoms with Crippen LogP contribution in [0.5, 0.6) is 5.75 Å². The molecule has 0 aromatic heterocycles. The predicted octanol–water partition coefficient (Wildman–Crippen LogP) is 3.30. The fourth-order valence-electron chi connectivity index (χ4n) is 0.975. The monoisotopic (exact) mass is 255 g/mol. The number of rotatable bonds is 4. The minimum atomic E-state index is -1.73. The molecule has 1 aromatic rings. The highest BCUT2D eigenvalue weighted by Gasteiger charge is 2.11. The van der Waals surface area contributed by atoms with Crippen LogP contribution in [-0.4, -0.2) is 17.1 Å². The van der Waals surface area contributed by atoms with Crippen LogP contribution in [0, 0.1) is 0 Å². The van der Waals surface area contributed by atoms with E-state index >= 15 is 0 Å². The molecule has 0 aliphatic carbocycles. The summed E-state index contributed by atoms with van der Waals surface area (Å²) in [6, 6.07) is 5.34. The Bertz CT molecular complexity index is 519. The van der Waals surface area contributed by atoms with Crippen molar-refractivity contribution >= 4 is 17.7 Å².